The molecule has 0 bridgehead atoms. The van der Waals surface area contributed by atoms with Crippen LogP contribution in [0.25, 0.3) is 0 Å². The number of carbonyl (C=O) groups is 1. The van der Waals surface area contributed by atoms with Crippen molar-refractivity contribution < 1.29 is 9.18 Å². The minimum Gasteiger partial charge on any atom is -0.396 e. The number of nitrogens with zero attached hydrogens (tertiary/aromatic N) is 1. The standard InChI is InChI=1S/C11H10BrFN4O/c1-5-4-15-17-10(5)16-11(18)6-2-9(14)8(13)3-7(6)12/h2-4H,14H2,1H3,(H2,15,16,17,18). The lowest BCUT2D eigenvalue weighted by Crippen LogP contribution is -2.14. The van der Waals surface area contributed by atoms with Gasteiger partial charge in [0, 0.05) is 10.0 Å². The topological polar surface area (TPSA) is 83.8 Å². The third-order valence-corrected chi connectivity index (χ3v) is 3.05. The number of H-pyrrole nitrogens is 1. The summed E-state index contributed by atoms with van der Waals surface area (Å²) in [7, 11) is 0. The van der Waals surface area contributed by atoms with Crippen molar-refractivity contribution in [3.63, 3.8) is 0 Å². The number of hydrogen-bond acceptors (Lipinski definition) is 3. The summed E-state index contributed by atoms with van der Waals surface area (Å²) >= 11 is 3.12. The minimum absolute atomic E-state index is 0.0790. The molecule has 5 nitrogen and oxygen atoms in total. The van der Waals surface area contributed by atoms with Gasteiger partial charge in [-0.25, -0.2) is 4.39 Å². The van der Waals surface area contributed by atoms with E-state index in [0.717, 1.165) is 11.6 Å². The normalized spacial score (nSPS) is 10.4. The van der Waals surface area contributed by atoms with Crippen molar-refractivity contribution in [2.75, 3.05) is 11.1 Å². The van der Waals surface area contributed by atoms with Crippen molar-refractivity contribution in [3.8, 4) is 0 Å². The second-order valence-electron chi connectivity index (χ2n) is 3.74. The van der Waals surface area contributed by atoms with E-state index in [4.69, 9.17) is 5.73 Å². The second kappa shape index (κ2) is 4.77. The van der Waals surface area contributed by atoms with E-state index in [0.29, 0.717) is 10.3 Å². The highest BCUT2D eigenvalue weighted by Gasteiger charge is 2.14. The molecule has 0 radical (unpaired) electrons. The summed E-state index contributed by atoms with van der Waals surface area (Å²) in [5.41, 5.74) is 6.41. The van der Waals surface area contributed by atoms with Gasteiger partial charge in [0.25, 0.3) is 5.91 Å². The highest BCUT2D eigenvalue weighted by Crippen LogP contribution is 2.23. The molecule has 1 heterocycles. The first-order valence-corrected chi connectivity index (χ1v) is 5.84. The number of nitrogens with one attached hydrogen (secondary N) is 2. The van der Waals surface area contributed by atoms with Gasteiger partial charge in [0.05, 0.1) is 17.4 Å². The molecule has 1 aromatic carbocycles. The molecular weight excluding hydrogens is 303 g/mol. The molecule has 94 valence electrons. The van der Waals surface area contributed by atoms with Gasteiger partial charge in [0.2, 0.25) is 0 Å². The maximum atomic E-state index is 13.2. The summed E-state index contributed by atoms with van der Waals surface area (Å²) in [6.07, 6.45) is 1.59. The number of nitrogens with two attached hydrogens (primary N) is 1. The van der Waals surface area contributed by atoms with Crippen LogP contribution in [0.15, 0.2) is 22.8 Å². The van der Waals surface area contributed by atoms with Crippen LogP contribution in [0, 0.1) is 12.7 Å². The Balaban J connectivity index is 2.30. The van der Waals surface area contributed by atoms with Gasteiger partial charge in [0.15, 0.2) is 0 Å². The van der Waals surface area contributed by atoms with Crippen LogP contribution in [0.5, 0.6) is 0 Å². The van der Waals surface area contributed by atoms with Crippen LogP contribution in [0.3, 0.4) is 0 Å². The van der Waals surface area contributed by atoms with Crippen LogP contribution in [-0.4, -0.2) is 16.1 Å². The Morgan fingerprint density at radius 3 is 2.89 bits per heavy atom. The first-order chi connectivity index (χ1) is 8.49. The molecule has 1 amide bonds. The third-order valence-electron chi connectivity index (χ3n) is 2.40. The fourth-order valence-corrected chi connectivity index (χ4v) is 1.89. The number of benzene rings is 1. The van der Waals surface area contributed by atoms with Gasteiger partial charge in [-0.2, -0.15) is 5.10 Å². The van der Waals surface area contributed by atoms with Gasteiger partial charge in [-0.3, -0.25) is 9.89 Å². The monoisotopic (exact) mass is 312 g/mol. The SMILES string of the molecule is Cc1cn[nH]c1NC(=O)c1cc(N)c(F)cc1Br. The Bertz CT molecular complexity index is 611. The van der Waals surface area contributed by atoms with Crippen molar-refractivity contribution in [1.82, 2.24) is 10.2 Å². The number of anilines is 2. The summed E-state index contributed by atoms with van der Waals surface area (Å²) in [5, 5.41) is 9.06. The number of carbonyl (C=O) groups excluding carboxylic acids is 1. The van der Waals surface area contributed by atoms with Crippen molar-refractivity contribution in [1.29, 1.82) is 0 Å². The molecule has 4 N–H and O–H groups in total. The van der Waals surface area contributed by atoms with Crippen LogP contribution < -0.4 is 11.1 Å². The first-order valence-electron chi connectivity index (χ1n) is 5.05. The number of rotatable bonds is 2. The largest absolute Gasteiger partial charge is 0.396 e. The zero-order chi connectivity index (χ0) is 13.3. The van der Waals surface area contributed by atoms with Gasteiger partial charge < -0.3 is 11.1 Å². The zero-order valence-corrected chi connectivity index (χ0v) is 11.0. The van der Waals surface area contributed by atoms with Crippen LogP contribution in [-0.2, 0) is 0 Å². The maximum Gasteiger partial charge on any atom is 0.258 e. The number of hydrogen-bond donors (Lipinski definition) is 3. The Morgan fingerprint density at radius 2 is 2.28 bits per heavy atom. The summed E-state index contributed by atoms with van der Waals surface area (Å²) in [5.74, 6) is -0.480. The van der Waals surface area contributed by atoms with Crippen molar-refractivity contribution in [2.45, 2.75) is 6.92 Å². The lowest BCUT2D eigenvalue weighted by molar-refractivity contribution is 0.102. The highest BCUT2D eigenvalue weighted by atomic mass is 79.9. The number of amides is 1. The molecule has 0 spiro atoms. The molecule has 2 rings (SSSR count). The number of nitrogen functional groups attached to an aromatic ring is 1. The predicted molar refractivity (Wildman–Crippen MR) is 69.8 cm³/mol. The first kappa shape index (κ1) is 12.6. The second-order valence-corrected chi connectivity index (χ2v) is 4.59. The van der Waals surface area contributed by atoms with Gasteiger partial charge in [-0.15, -0.1) is 0 Å². The summed E-state index contributed by atoms with van der Waals surface area (Å²) in [6, 6.07) is 2.44. The summed E-state index contributed by atoms with van der Waals surface area (Å²) in [4.78, 5) is 12.0. The minimum atomic E-state index is -0.573. The smallest absolute Gasteiger partial charge is 0.258 e. The zero-order valence-electron chi connectivity index (χ0n) is 9.42. The van der Waals surface area contributed by atoms with E-state index in [1.807, 2.05) is 0 Å². The van der Waals surface area contributed by atoms with E-state index in [-0.39, 0.29) is 11.3 Å². The van der Waals surface area contributed by atoms with E-state index in [2.05, 4.69) is 31.4 Å². The molecule has 0 aliphatic rings. The van der Waals surface area contributed by atoms with Gasteiger partial charge in [0.1, 0.15) is 11.6 Å². The number of aromatic amines is 1. The van der Waals surface area contributed by atoms with Gasteiger partial charge in [-0.1, -0.05) is 0 Å². The lowest BCUT2D eigenvalue weighted by atomic mass is 10.2. The number of halogens is 2. The van der Waals surface area contributed by atoms with Gasteiger partial charge >= 0.3 is 0 Å². The Kier molecular flexibility index (Phi) is 3.33. The molecule has 0 atom stereocenters. The molecule has 0 aliphatic heterocycles. The fraction of sp³-hybridized carbons (Fsp3) is 0.0909. The molecule has 0 aliphatic carbocycles. The quantitative estimate of drug-likeness (QED) is 0.745. The fourth-order valence-electron chi connectivity index (χ4n) is 1.39. The average molecular weight is 313 g/mol. The predicted octanol–water partition coefficient (Wildman–Crippen LogP) is 2.45. The summed E-state index contributed by atoms with van der Waals surface area (Å²) < 4.78 is 13.5. The van der Waals surface area contributed by atoms with E-state index in [9.17, 15) is 9.18 Å². The van der Waals surface area contributed by atoms with Crippen molar-refractivity contribution in [2.24, 2.45) is 0 Å². The van der Waals surface area contributed by atoms with Crippen LogP contribution in [0.2, 0.25) is 0 Å². The third kappa shape index (κ3) is 2.35. The molecule has 0 unspecified atom stereocenters. The Hall–Kier alpha value is -1.89. The highest BCUT2D eigenvalue weighted by molar-refractivity contribution is 9.10. The van der Waals surface area contributed by atoms with Crippen LogP contribution >= 0.6 is 15.9 Å². The van der Waals surface area contributed by atoms with Crippen LogP contribution in [0.4, 0.5) is 15.9 Å². The maximum absolute atomic E-state index is 13.2. The molecule has 0 saturated carbocycles. The van der Waals surface area contributed by atoms with Crippen molar-refractivity contribution in [3.05, 3.63) is 39.7 Å². The van der Waals surface area contributed by atoms with E-state index >= 15 is 0 Å². The molecule has 7 heteroatoms. The Labute approximate surface area is 111 Å². The number of aromatic nitrogens is 2. The lowest BCUT2D eigenvalue weighted by Gasteiger charge is -2.07. The van der Waals surface area contributed by atoms with Crippen LogP contribution in [0.1, 0.15) is 15.9 Å². The average Bonchev–Trinajstić information content (AvgIpc) is 2.69. The number of aryl methyl sites for hydroxylation is 1. The van der Waals surface area contributed by atoms with E-state index in [1.54, 1.807) is 13.1 Å². The molecule has 0 fully saturated rings. The molecule has 2 aromatic rings. The van der Waals surface area contributed by atoms with Gasteiger partial charge in [-0.05, 0) is 35.0 Å². The molecule has 0 saturated heterocycles. The Morgan fingerprint density at radius 1 is 1.56 bits per heavy atom. The molecule has 18 heavy (non-hydrogen) atoms. The summed E-state index contributed by atoms with van der Waals surface area (Å²) in [6.45, 7) is 1.80. The van der Waals surface area contributed by atoms with E-state index in [1.165, 1.54) is 6.07 Å². The van der Waals surface area contributed by atoms with E-state index < -0.39 is 11.7 Å². The molecular formula is C11H10BrFN4O. The molecule has 1 aromatic heterocycles. The van der Waals surface area contributed by atoms with Crippen molar-refractivity contribution >= 4 is 33.3 Å².